The van der Waals surface area contributed by atoms with Gasteiger partial charge >= 0.3 is 31.6 Å². The lowest BCUT2D eigenvalue weighted by Gasteiger charge is -2.46. The summed E-state index contributed by atoms with van der Waals surface area (Å²) in [5.74, 6) is -4.78. The maximum atomic E-state index is 13.1. The van der Waals surface area contributed by atoms with Crippen molar-refractivity contribution >= 4 is 31.6 Å². The number of unbranched alkanes of at least 4 members (excludes halogenated alkanes) is 1. The first-order valence-corrected chi connectivity index (χ1v) is 13.4. The largest absolute Gasteiger partial charge is 0.465 e. The molecule has 0 radical (unpaired) electrons. The van der Waals surface area contributed by atoms with Crippen LogP contribution in [0.15, 0.2) is 0 Å². The van der Waals surface area contributed by atoms with Gasteiger partial charge in [0.1, 0.15) is 18.3 Å². The number of hydrogen-bond acceptors (Lipinski definition) is 12. The van der Waals surface area contributed by atoms with Gasteiger partial charge in [-0.2, -0.15) is 0 Å². The minimum atomic E-state index is -3.89. The molecular formula is C21H34NO12P. The van der Waals surface area contributed by atoms with Gasteiger partial charge in [-0.05, 0) is 12.8 Å². The SMILES string of the molecule is CCCCOP(C)(=O)O[C@]1(C(=O)OC)C[C@H]2OC(=O)N[C@H]2C([C@H](OC(C)=O)[C@@H](CC)OC(C)=O)O1. The summed E-state index contributed by atoms with van der Waals surface area (Å²) in [6.45, 7) is 7.20. The number of amides is 1. The Hall–Kier alpha value is -2.21. The standard InChI is InChI=1S/C21H34NO12P/c1-7-9-10-29-35(6,27)34-21(19(25)28-5)11-15-16(22-20(26)32-15)18(33-21)17(31-13(4)24)14(8-2)30-12(3)23/h14-18H,7-11H2,1-6H3,(H,22,26)/t14-,15-,16-,17-,18?,21+,35?/m1/s1. The first-order chi connectivity index (χ1) is 16.4. The van der Waals surface area contributed by atoms with Crippen molar-refractivity contribution in [1.82, 2.24) is 5.32 Å². The van der Waals surface area contributed by atoms with Crippen LogP contribution in [-0.4, -0.2) is 80.6 Å². The number of fused-ring (bicyclic) bond motifs is 1. The molecule has 200 valence electrons. The van der Waals surface area contributed by atoms with E-state index >= 15 is 0 Å². The molecule has 2 unspecified atom stereocenters. The highest BCUT2D eigenvalue weighted by Crippen LogP contribution is 2.52. The average Bonchev–Trinajstić information content (AvgIpc) is 3.14. The molecule has 13 nitrogen and oxygen atoms in total. The Morgan fingerprint density at radius 1 is 1.20 bits per heavy atom. The topological polar surface area (TPSA) is 162 Å². The van der Waals surface area contributed by atoms with Crippen LogP contribution in [0.5, 0.6) is 0 Å². The van der Waals surface area contributed by atoms with Gasteiger partial charge in [0.2, 0.25) is 0 Å². The molecule has 0 aromatic rings. The Labute approximate surface area is 203 Å². The van der Waals surface area contributed by atoms with Crippen molar-refractivity contribution < 1.29 is 56.5 Å². The summed E-state index contributed by atoms with van der Waals surface area (Å²) in [6, 6.07) is -0.921. The molecule has 1 amide bonds. The molecule has 2 heterocycles. The number of hydrogen-bond donors (Lipinski definition) is 1. The van der Waals surface area contributed by atoms with Crippen molar-refractivity contribution in [2.45, 2.75) is 89.6 Å². The van der Waals surface area contributed by atoms with Crippen LogP contribution in [0.25, 0.3) is 0 Å². The molecule has 0 saturated carbocycles. The third-order valence-corrected chi connectivity index (χ3v) is 6.72. The molecule has 0 bridgehead atoms. The Balaban J connectivity index is 2.52. The summed E-state index contributed by atoms with van der Waals surface area (Å²) in [5, 5.41) is 2.57. The molecule has 1 N–H and O–H groups in total. The summed E-state index contributed by atoms with van der Waals surface area (Å²) in [6.07, 6.45) is -4.28. The highest BCUT2D eigenvalue weighted by atomic mass is 31.2. The van der Waals surface area contributed by atoms with Gasteiger partial charge in [-0.1, -0.05) is 20.3 Å². The average molecular weight is 523 g/mol. The van der Waals surface area contributed by atoms with E-state index in [-0.39, 0.29) is 19.4 Å². The maximum Gasteiger partial charge on any atom is 0.407 e. The van der Waals surface area contributed by atoms with Crippen molar-refractivity contribution in [3.63, 3.8) is 0 Å². The van der Waals surface area contributed by atoms with E-state index in [1.54, 1.807) is 6.92 Å². The predicted molar refractivity (Wildman–Crippen MR) is 118 cm³/mol. The molecule has 2 rings (SSSR count). The molecule has 0 spiro atoms. The number of esters is 3. The van der Waals surface area contributed by atoms with E-state index < -0.39 is 67.8 Å². The molecule has 35 heavy (non-hydrogen) atoms. The molecule has 2 saturated heterocycles. The number of carbonyl (C=O) groups is 4. The van der Waals surface area contributed by atoms with Gasteiger partial charge < -0.3 is 33.5 Å². The zero-order chi connectivity index (χ0) is 26.4. The quantitative estimate of drug-likeness (QED) is 0.172. The van der Waals surface area contributed by atoms with E-state index in [0.29, 0.717) is 6.42 Å². The lowest BCUT2D eigenvalue weighted by Crippen LogP contribution is -2.65. The van der Waals surface area contributed by atoms with Crippen LogP contribution in [0.4, 0.5) is 4.79 Å². The first-order valence-electron chi connectivity index (χ1n) is 11.4. The number of alkyl carbamates (subject to hydrolysis) is 1. The van der Waals surface area contributed by atoms with Crippen LogP contribution in [0, 0.1) is 0 Å². The number of rotatable bonds is 12. The highest BCUT2D eigenvalue weighted by Gasteiger charge is 2.62. The highest BCUT2D eigenvalue weighted by molar-refractivity contribution is 7.53. The Kier molecular flexibility index (Phi) is 10.1. The van der Waals surface area contributed by atoms with E-state index in [0.717, 1.165) is 20.5 Å². The van der Waals surface area contributed by atoms with Crippen LogP contribution < -0.4 is 5.32 Å². The monoisotopic (exact) mass is 523 g/mol. The van der Waals surface area contributed by atoms with Gasteiger partial charge in [-0.25, -0.2) is 9.59 Å². The fourth-order valence-corrected chi connectivity index (χ4v) is 5.25. The zero-order valence-corrected chi connectivity index (χ0v) is 21.7. The first kappa shape index (κ1) is 29.0. The summed E-state index contributed by atoms with van der Waals surface area (Å²) >= 11 is 0. The number of methoxy groups -OCH3 is 1. The van der Waals surface area contributed by atoms with Crippen LogP contribution in [0.3, 0.4) is 0 Å². The van der Waals surface area contributed by atoms with Crippen LogP contribution in [0.2, 0.25) is 0 Å². The van der Waals surface area contributed by atoms with Crippen molar-refractivity contribution in [2.24, 2.45) is 0 Å². The molecule has 0 aliphatic carbocycles. The molecule has 2 aliphatic heterocycles. The summed E-state index contributed by atoms with van der Waals surface area (Å²) in [7, 11) is -2.82. The second-order valence-corrected chi connectivity index (χ2v) is 10.3. The third kappa shape index (κ3) is 7.39. The lowest BCUT2D eigenvalue weighted by atomic mass is 9.88. The van der Waals surface area contributed by atoms with Gasteiger partial charge in [-0.3, -0.25) is 18.7 Å². The Morgan fingerprint density at radius 3 is 2.40 bits per heavy atom. The predicted octanol–water partition coefficient (Wildman–Crippen LogP) is 2.05. The lowest BCUT2D eigenvalue weighted by molar-refractivity contribution is -0.283. The van der Waals surface area contributed by atoms with Crippen molar-refractivity contribution in [3.05, 3.63) is 0 Å². The Bertz CT molecular complexity index is 850. The molecule has 0 aromatic carbocycles. The molecule has 0 aromatic heterocycles. The fraction of sp³-hybridized carbons (Fsp3) is 0.810. The van der Waals surface area contributed by atoms with Gasteiger partial charge in [-0.15, -0.1) is 0 Å². The molecule has 7 atom stereocenters. The summed E-state index contributed by atoms with van der Waals surface area (Å²) in [4.78, 5) is 48.8. The van der Waals surface area contributed by atoms with Crippen molar-refractivity contribution in [3.8, 4) is 0 Å². The molecule has 2 fully saturated rings. The third-order valence-electron chi connectivity index (χ3n) is 5.44. The van der Waals surface area contributed by atoms with Crippen LogP contribution in [-0.2, 0) is 51.7 Å². The normalized spacial score (nSPS) is 29.0. The van der Waals surface area contributed by atoms with Gasteiger partial charge in [0.15, 0.2) is 6.10 Å². The second kappa shape index (κ2) is 12.2. The number of nitrogens with one attached hydrogen (secondary N) is 1. The number of ether oxygens (including phenoxy) is 5. The molecule has 2 aliphatic rings. The molecule has 14 heteroatoms. The molecular weight excluding hydrogens is 489 g/mol. The van der Waals surface area contributed by atoms with E-state index in [1.807, 2.05) is 6.92 Å². The van der Waals surface area contributed by atoms with E-state index in [4.69, 9.17) is 32.7 Å². The number of carbonyl (C=O) groups excluding carboxylic acids is 4. The maximum absolute atomic E-state index is 13.1. The fourth-order valence-electron chi connectivity index (χ4n) is 4.01. The van der Waals surface area contributed by atoms with Crippen molar-refractivity contribution in [1.29, 1.82) is 0 Å². The smallest absolute Gasteiger partial charge is 0.407 e. The second-order valence-electron chi connectivity index (χ2n) is 8.32. The van der Waals surface area contributed by atoms with Gasteiger partial charge in [0, 0.05) is 20.5 Å². The van der Waals surface area contributed by atoms with Gasteiger partial charge in [0.05, 0.1) is 26.2 Å². The van der Waals surface area contributed by atoms with Crippen LogP contribution >= 0.6 is 7.60 Å². The van der Waals surface area contributed by atoms with Gasteiger partial charge in [0.25, 0.3) is 5.79 Å². The summed E-state index contributed by atoms with van der Waals surface area (Å²) < 4.78 is 51.2. The zero-order valence-electron chi connectivity index (χ0n) is 20.8. The van der Waals surface area contributed by atoms with E-state index in [2.05, 4.69) is 5.32 Å². The van der Waals surface area contributed by atoms with E-state index in [1.165, 1.54) is 13.6 Å². The van der Waals surface area contributed by atoms with Crippen LogP contribution in [0.1, 0.15) is 53.4 Å². The Morgan fingerprint density at radius 2 is 1.86 bits per heavy atom. The minimum Gasteiger partial charge on any atom is -0.465 e. The summed E-state index contributed by atoms with van der Waals surface area (Å²) in [5.41, 5.74) is 0. The van der Waals surface area contributed by atoms with E-state index in [9.17, 15) is 23.7 Å². The van der Waals surface area contributed by atoms with Crippen molar-refractivity contribution in [2.75, 3.05) is 20.4 Å². The minimum absolute atomic E-state index is 0.105.